The van der Waals surface area contributed by atoms with E-state index in [0.717, 1.165) is 12.8 Å². The maximum atomic E-state index is 12.5. The minimum atomic E-state index is -4.47. The van der Waals surface area contributed by atoms with E-state index in [1.54, 1.807) is 49.1 Å². The number of aromatic nitrogens is 3. The summed E-state index contributed by atoms with van der Waals surface area (Å²) in [5, 5.41) is 13.9. The summed E-state index contributed by atoms with van der Waals surface area (Å²) in [5.74, 6) is -0.515. The Hall–Kier alpha value is -4.20. The molecular formula is C25H29F3N6O5. The summed E-state index contributed by atoms with van der Waals surface area (Å²) in [6, 6.07) is 8.66. The number of aromatic amines is 1. The molecule has 0 unspecified atom stereocenters. The number of hydrogen-bond acceptors (Lipinski definition) is 7. The second-order valence-electron chi connectivity index (χ2n) is 8.76. The van der Waals surface area contributed by atoms with Crippen LogP contribution in [0.2, 0.25) is 0 Å². The fraction of sp³-hybridized carbons (Fsp3) is 0.400. The first-order valence-corrected chi connectivity index (χ1v) is 12.0. The first kappa shape index (κ1) is 29.4. The standard InChI is InChI=1S/C17H15F3N4O2.C8H14N2O3/c1-9-13(26-8-17(18,19)20)12-15(21-9)22-10(2)14(23-12)24-16(25)11-6-4-3-5-7-11;11-5-8(13)10-3-1-7(2-4-10)9-6-12/h3-7H,8H2,1-2H3,(H,21,22)(H,23,24,25);6-7,11H,1-5H2,(H,9,12). The molecule has 1 saturated heterocycles. The molecule has 0 aliphatic carbocycles. The van der Waals surface area contributed by atoms with Gasteiger partial charge in [0.25, 0.3) is 5.91 Å². The Morgan fingerprint density at radius 3 is 2.44 bits per heavy atom. The minimum Gasteiger partial charge on any atom is -0.480 e. The first-order chi connectivity index (χ1) is 18.5. The molecule has 3 heterocycles. The Bertz CT molecular complexity index is 1290. The van der Waals surface area contributed by atoms with Crippen LogP contribution in [-0.2, 0) is 9.59 Å². The van der Waals surface area contributed by atoms with Crippen LogP contribution in [0.25, 0.3) is 11.2 Å². The third kappa shape index (κ3) is 8.14. The maximum absolute atomic E-state index is 12.5. The fourth-order valence-electron chi connectivity index (χ4n) is 3.89. The van der Waals surface area contributed by atoms with Gasteiger partial charge >= 0.3 is 6.18 Å². The van der Waals surface area contributed by atoms with Gasteiger partial charge in [0.05, 0.1) is 11.4 Å². The number of H-pyrrole nitrogens is 1. The Labute approximate surface area is 221 Å². The number of halogens is 3. The number of aryl methyl sites for hydroxylation is 2. The summed E-state index contributed by atoms with van der Waals surface area (Å²) in [7, 11) is 0. The summed E-state index contributed by atoms with van der Waals surface area (Å²) in [5.41, 5.74) is 1.63. The molecule has 14 heteroatoms. The number of carbonyl (C=O) groups excluding carboxylic acids is 3. The molecule has 39 heavy (non-hydrogen) atoms. The van der Waals surface area contributed by atoms with E-state index in [9.17, 15) is 27.6 Å². The van der Waals surface area contributed by atoms with Crippen molar-refractivity contribution in [3.8, 4) is 5.75 Å². The van der Waals surface area contributed by atoms with Crippen LogP contribution in [0.5, 0.6) is 5.75 Å². The number of nitrogens with one attached hydrogen (secondary N) is 3. The number of alkyl halides is 3. The highest BCUT2D eigenvalue weighted by Crippen LogP contribution is 2.30. The van der Waals surface area contributed by atoms with Crippen molar-refractivity contribution in [2.75, 3.05) is 31.6 Å². The molecule has 1 aliphatic heterocycles. The highest BCUT2D eigenvalue weighted by Gasteiger charge is 2.30. The van der Waals surface area contributed by atoms with E-state index in [4.69, 9.17) is 9.84 Å². The van der Waals surface area contributed by atoms with Crippen molar-refractivity contribution in [3.05, 3.63) is 47.3 Å². The Morgan fingerprint density at radius 2 is 1.85 bits per heavy atom. The smallest absolute Gasteiger partial charge is 0.422 e. The van der Waals surface area contributed by atoms with Gasteiger partial charge in [0.1, 0.15) is 6.61 Å². The van der Waals surface area contributed by atoms with Crippen molar-refractivity contribution in [3.63, 3.8) is 0 Å². The molecular weight excluding hydrogens is 521 g/mol. The molecule has 1 aliphatic rings. The third-order valence-corrected chi connectivity index (χ3v) is 5.87. The molecule has 0 atom stereocenters. The zero-order valence-corrected chi connectivity index (χ0v) is 21.3. The van der Waals surface area contributed by atoms with E-state index in [0.29, 0.717) is 36.5 Å². The summed E-state index contributed by atoms with van der Waals surface area (Å²) < 4.78 is 42.2. The maximum Gasteiger partial charge on any atom is 0.422 e. The number of aliphatic hydroxyl groups excluding tert-OH is 1. The molecule has 4 rings (SSSR count). The van der Waals surface area contributed by atoms with Crippen LogP contribution in [0.4, 0.5) is 19.0 Å². The van der Waals surface area contributed by atoms with Crippen LogP contribution in [-0.4, -0.2) is 81.7 Å². The number of carbonyl (C=O) groups is 3. The zero-order valence-electron chi connectivity index (χ0n) is 21.3. The highest BCUT2D eigenvalue weighted by atomic mass is 19.4. The van der Waals surface area contributed by atoms with Gasteiger partial charge in [0.15, 0.2) is 29.3 Å². The van der Waals surface area contributed by atoms with Gasteiger partial charge in [-0.3, -0.25) is 14.4 Å². The molecule has 3 amide bonds. The van der Waals surface area contributed by atoms with E-state index in [1.165, 1.54) is 0 Å². The molecule has 0 radical (unpaired) electrons. The number of fused-ring (bicyclic) bond motifs is 1. The van der Waals surface area contributed by atoms with Crippen LogP contribution in [0.15, 0.2) is 30.3 Å². The number of rotatable bonds is 7. The van der Waals surface area contributed by atoms with E-state index in [2.05, 4.69) is 25.6 Å². The Kier molecular flexibility index (Phi) is 9.82. The van der Waals surface area contributed by atoms with Gasteiger partial charge in [-0.1, -0.05) is 18.2 Å². The van der Waals surface area contributed by atoms with Crippen molar-refractivity contribution in [2.24, 2.45) is 0 Å². The summed E-state index contributed by atoms with van der Waals surface area (Å²) in [4.78, 5) is 46.4. The Balaban J connectivity index is 0.000000272. The number of amides is 3. The topological polar surface area (TPSA) is 150 Å². The molecule has 4 N–H and O–H groups in total. The lowest BCUT2D eigenvalue weighted by Gasteiger charge is -2.31. The van der Waals surface area contributed by atoms with E-state index < -0.39 is 25.3 Å². The predicted octanol–water partition coefficient (Wildman–Crippen LogP) is 2.48. The predicted molar refractivity (Wildman–Crippen MR) is 135 cm³/mol. The molecule has 1 aromatic carbocycles. The Morgan fingerprint density at radius 1 is 1.18 bits per heavy atom. The molecule has 0 bridgehead atoms. The van der Waals surface area contributed by atoms with Crippen molar-refractivity contribution < 1.29 is 37.4 Å². The number of anilines is 1. The van der Waals surface area contributed by atoms with Gasteiger partial charge in [-0.05, 0) is 38.8 Å². The summed E-state index contributed by atoms with van der Waals surface area (Å²) in [6.45, 7) is 2.57. The number of piperidine rings is 1. The van der Waals surface area contributed by atoms with Crippen LogP contribution in [0.1, 0.15) is 34.6 Å². The summed E-state index contributed by atoms with van der Waals surface area (Å²) >= 11 is 0. The molecule has 3 aromatic rings. The number of benzene rings is 1. The number of aliphatic hydroxyl groups is 1. The van der Waals surface area contributed by atoms with Crippen LogP contribution < -0.4 is 15.4 Å². The second kappa shape index (κ2) is 13.0. The lowest BCUT2D eigenvalue weighted by molar-refractivity contribution is -0.153. The molecule has 11 nitrogen and oxygen atoms in total. The highest BCUT2D eigenvalue weighted by molar-refractivity contribution is 6.04. The molecule has 1 fully saturated rings. The third-order valence-electron chi connectivity index (χ3n) is 5.87. The van der Waals surface area contributed by atoms with Gasteiger partial charge in [-0.2, -0.15) is 13.2 Å². The first-order valence-electron chi connectivity index (χ1n) is 12.0. The van der Waals surface area contributed by atoms with Gasteiger partial charge in [-0.15, -0.1) is 0 Å². The van der Waals surface area contributed by atoms with Crippen LogP contribution >= 0.6 is 0 Å². The number of hydrogen-bond donors (Lipinski definition) is 4. The van der Waals surface area contributed by atoms with E-state index >= 15 is 0 Å². The van der Waals surface area contributed by atoms with E-state index in [1.807, 2.05) is 0 Å². The molecule has 0 spiro atoms. The fourth-order valence-corrected chi connectivity index (χ4v) is 3.89. The quantitative estimate of drug-likeness (QED) is 0.330. The normalized spacial score (nSPS) is 13.8. The van der Waals surface area contributed by atoms with Crippen molar-refractivity contribution >= 4 is 35.2 Å². The number of likely N-dealkylation sites (tertiary alicyclic amines) is 1. The van der Waals surface area contributed by atoms with Crippen molar-refractivity contribution in [1.82, 2.24) is 25.2 Å². The van der Waals surface area contributed by atoms with Gasteiger partial charge in [0.2, 0.25) is 12.3 Å². The molecule has 2 aromatic heterocycles. The van der Waals surface area contributed by atoms with Crippen molar-refractivity contribution in [1.29, 1.82) is 0 Å². The van der Waals surface area contributed by atoms with Gasteiger partial charge in [-0.25, -0.2) is 9.97 Å². The zero-order chi connectivity index (χ0) is 28.6. The largest absolute Gasteiger partial charge is 0.480 e. The lowest BCUT2D eigenvalue weighted by Crippen LogP contribution is -2.45. The average Bonchev–Trinajstić information content (AvgIpc) is 3.21. The summed E-state index contributed by atoms with van der Waals surface area (Å²) in [6.07, 6.45) is -2.25. The number of ether oxygens (including phenoxy) is 1. The minimum absolute atomic E-state index is 0.0416. The number of nitrogens with zero attached hydrogens (tertiary/aromatic N) is 3. The molecule has 210 valence electrons. The lowest BCUT2D eigenvalue weighted by atomic mass is 10.1. The van der Waals surface area contributed by atoms with E-state index in [-0.39, 0.29) is 34.7 Å². The molecule has 0 saturated carbocycles. The van der Waals surface area contributed by atoms with Crippen LogP contribution in [0, 0.1) is 13.8 Å². The van der Waals surface area contributed by atoms with Gasteiger partial charge < -0.3 is 30.4 Å². The average molecular weight is 551 g/mol. The van der Waals surface area contributed by atoms with Gasteiger partial charge in [0, 0.05) is 24.7 Å². The SMILES string of the molecule is Cc1nc2[nH]c(C)c(OCC(F)(F)F)c2nc1NC(=O)c1ccccc1.O=CNC1CCN(C(=O)CO)CC1. The second-order valence-corrected chi connectivity index (χ2v) is 8.76. The van der Waals surface area contributed by atoms with Crippen LogP contribution in [0.3, 0.4) is 0 Å². The van der Waals surface area contributed by atoms with Crippen molar-refractivity contribution in [2.45, 2.75) is 38.9 Å². The monoisotopic (exact) mass is 550 g/mol.